The number of nitriles is 1. The molecule has 1 aromatic carbocycles. The van der Waals surface area contributed by atoms with E-state index in [1.807, 2.05) is 36.5 Å². The Kier molecular flexibility index (Phi) is 4.79. The number of aromatic nitrogens is 4. The summed E-state index contributed by atoms with van der Waals surface area (Å²) in [6.45, 7) is -0.188. The summed E-state index contributed by atoms with van der Waals surface area (Å²) in [7, 11) is 1.22. The van der Waals surface area contributed by atoms with Gasteiger partial charge in [-0.25, -0.2) is 4.98 Å². The van der Waals surface area contributed by atoms with Crippen molar-refractivity contribution in [1.82, 2.24) is 19.7 Å². The summed E-state index contributed by atoms with van der Waals surface area (Å²) >= 11 is 0. The normalized spacial score (nSPS) is 11.4. The van der Waals surface area contributed by atoms with Crippen LogP contribution in [0.25, 0.3) is 10.9 Å². The van der Waals surface area contributed by atoms with Crippen molar-refractivity contribution in [2.75, 3.05) is 5.32 Å². The molecule has 0 bridgehead atoms. The van der Waals surface area contributed by atoms with Gasteiger partial charge in [-0.1, -0.05) is 6.07 Å². The molecule has 0 aliphatic carbocycles. The molecule has 10 heteroatoms. The number of aromatic amines is 1. The molecule has 2 N–H and O–H groups in total. The van der Waals surface area contributed by atoms with Gasteiger partial charge < -0.3 is 15.0 Å². The number of alkyl halides is 3. The summed E-state index contributed by atoms with van der Waals surface area (Å²) in [5, 5.41) is 17.2. The van der Waals surface area contributed by atoms with E-state index >= 15 is 0 Å². The maximum absolute atomic E-state index is 12.9. The predicted molar refractivity (Wildman–Crippen MR) is 103 cm³/mol. The van der Waals surface area contributed by atoms with Crippen LogP contribution in [0.1, 0.15) is 17.1 Å². The van der Waals surface area contributed by atoms with Crippen molar-refractivity contribution in [2.24, 2.45) is 7.05 Å². The molecule has 0 amide bonds. The summed E-state index contributed by atoms with van der Waals surface area (Å²) in [6, 6.07) is 13.5. The molecule has 0 fully saturated rings. The molecule has 152 valence electrons. The number of fused-ring (bicyclic) bond motifs is 1. The zero-order chi connectivity index (χ0) is 21.3. The Bertz CT molecular complexity index is 1250. The third-order valence-corrected chi connectivity index (χ3v) is 4.35. The number of anilines is 2. The second-order valence-electron chi connectivity index (χ2n) is 6.52. The van der Waals surface area contributed by atoms with Gasteiger partial charge in [-0.2, -0.15) is 23.5 Å². The molecule has 0 unspecified atom stereocenters. The number of ether oxygens (including phenoxy) is 1. The van der Waals surface area contributed by atoms with Crippen molar-refractivity contribution >= 4 is 22.4 Å². The van der Waals surface area contributed by atoms with Gasteiger partial charge in [-0.15, -0.1) is 0 Å². The van der Waals surface area contributed by atoms with Gasteiger partial charge in [0.2, 0.25) is 0 Å². The van der Waals surface area contributed by atoms with Crippen LogP contribution < -0.4 is 10.1 Å². The largest absolute Gasteiger partial charge is 0.487 e. The molecule has 4 aromatic rings. The predicted octanol–water partition coefficient (Wildman–Crippen LogP) is 4.51. The quantitative estimate of drug-likeness (QED) is 0.503. The molecule has 0 saturated carbocycles. The monoisotopic (exact) mass is 412 g/mol. The third-order valence-electron chi connectivity index (χ3n) is 4.35. The van der Waals surface area contributed by atoms with Crippen molar-refractivity contribution in [3.05, 3.63) is 65.7 Å². The maximum atomic E-state index is 12.9. The molecule has 7 nitrogen and oxygen atoms in total. The lowest BCUT2D eigenvalue weighted by Crippen LogP contribution is -2.11. The summed E-state index contributed by atoms with van der Waals surface area (Å²) in [6.07, 6.45) is -2.67. The van der Waals surface area contributed by atoms with E-state index in [9.17, 15) is 18.4 Å². The van der Waals surface area contributed by atoms with Gasteiger partial charge in [0.1, 0.15) is 41.3 Å². The first-order valence-corrected chi connectivity index (χ1v) is 8.81. The van der Waals surface area contributed by atoms with Crippen LogP contribution in [0.15, 0.2) is 48.7 Å². The summed E-state index contributed by atoms with van der Waals surface area (Å²) in [5.41, 5.74) is 1.04. The number of benzene rings is 1. The van der Waals surface area contributed by atoms with Crippen LogP contribution in [0.3, 0.4) is 0 Å². The number of hydrogen-bond donors (Lipinski definition) is 2. The van der Waals surface area contributed by atoms with Gasteiger partial charge in [0.05, 0.1) is 0 Å². The van der Waals surface area contributed by atoms with E-state index in [0.29, 0.717) is 5.82 Å². The highest BCUT2D eigenvalue weighted by Gasteiger charge is 2.34. The molecule has 3 aromatic heterocycles. The van der Waals surface area contributed by atoms with E-state index in [-0.39, 0.29) is 23.7 Å². The van der Waals surface area contributed by atoms with Gasteiger partial charge in [0.15, 0.2) is 0 Å². The Morgan fingerprint density at radius 2 is 2.03 bits per heavy atom. The number of aryl methyl sites for hydroxylation is 1. The van der Waals surface area contributed by atoms with Crippen LogP contribution in [0.4, 0.5) is 24.7 Å². The van der Waals surface area contributed by atoms with Gasteiger partial charge in [-0.3, -0.25) is 4.68 Å². The van der Waals surface area contributed by atoms with Crippen molar-refractivity contribution in [3.8, 4) is 11.8 Å². The second-order valence-corrected chi connectivity index (χ2v) is 6.52. The second kappa shape index (κ2) is 7.44. The molecule has 0 saturated heterocycles. The fourth-order valence-corrected chi connectivity index (χ4v) is 3.00. The average Bonchev–Trinajstić information content (AvgIpc) is 3.31. The van der Waals surface area contributed by atoms with E-state index in [1.54, 1.807) is 6.07 Å². The van der Waals surface area contributed by atoms with Crippen molar-refractivity contribution < 1.29 is 17.9 Å². The minimum atomic E-state index is -4.50. The topological polar surface area (TPSA) is 91.6 Å². The molecular formula is C20H15F3N6O. The lowest BCUT2D eigenvalue weighted by molar-refractivity contribution is -0.143. The fourth-order valence-electron chi connectivity index (χ4n) is 3.00. The molecule has 30 heavy (non-hydrogen) atoms. The smallest absolute Gasteiger partial charge is 0.433 e. The number of nitrogens with one attached hydrogen (secondary N) is 2. The van der Waals surface area contributed by atoms with E-state index in [4.69, 9.17) is 4.74 Å². The molecule has 4 rings (SSSR count). The number of hydrogen-bond acceptors (Lipinski definition) is 5. The zero-order valence-corrected chi connectivity index (χ0v) is 15.7. The maximum Gasteiger partial charge on any atom is 0.433 e. The van der Waals surface area contributed by atoms with E-state index < -0.39 is 11.9 Å². The van der Waals surface area contributed by atoms with Crippen LogP contribution in [-0.2, 0) is 19.8 Å². The Balaban J connectivity index is 1.53. The molecule has 3 heterocycles. The Labute approximate surface area is 168 Å². The van der Waals surface area contributed by atoms with E-state index in [0.717, 1.165) is 27.3 Å². The van der Waals surface area contributed by atoms with Crippen molar-refractivity contribution in [2.45, 2.75) is 12.8 Å². The zero-order valence-electron chi connectivity index (χ0n) is 15.7. The highest BCUT2D eigenvalue weighted by Crippen LogP contribution is 2.30. The summed E-state index contributed by atoms with van der Waals surface area (Å²) < 4.78 is 45.0. The van der Waals surface area contributed by atoms with Gasteiger partial charge in [0, 0.05) is 36.6 Å². The molecule has 0 aliphatic heterocycles. The Morgan fingerprint density at radius 3 is 2.77 bits per heavy atom. The Morgan fingerprint density at radius 1 is 1.20 bits per heavy atom. The summed E-state index contributed by atoms with van der Waals surface area (Å²) in [5.74, 6) is 0.649. The van der Waals surface area contributed by atoms with Crippen LogP contribution in [0.2, 0.25) is 0 Å². The molecular weight excluding hydrogens is 397 g/mol. The van der Waals surface area contributed by atoms with E-state index in [2.05, 4.69) is 20.4 Å². The van der Waals surface area contributed by atoms with E-state index in [1.165, 1.54) is 13.1 Å². The standard InChI is InChI=1S/C20H15F3N6O/c1-29-18(20(21,22)23)8-15(28-29)11-30-16-6-14(10-24)27-19(9-16)26-13-3-2-12-4-5-25-17(12)7-13/h2-9,25H,11H2,1H3,(H,26,27). The number of rotatable bonds is 5. The van der Waals surface area contributed by atoms with Crippen LogP contribution in [-0.4, -0.2) is 19.7 Å². The first kappa shape index (κ1) is 19.3. The minimum absolute atomic E-state index is 0.105. The van der Waals surface area contributed by atoms with Gasteiger partial charge in [-0.05, 0) is 29.7 Å². The average molecular weight is 412 g/mol. The van der Waals surface area contributed by atoms with Crippen molar-refractivity contribution in [3.63, 3.8) is 0 Å². The van der Waals surface area contributed by atoms with Crippen LogP contribution in [0.5, 0.6) is 5.75 Å². The lowest BCUT2D eigenvalue weighted by atomic mass is 10.2. The molecule has 0 spiro atoms. The van der Waals surface area contributed by atoms with Gasteiger partial charge in [0.25, 0.3) is 0 Å². The number of nitrogens with zero attached hydrogens (tertiary/aromatic N) is 4. The molecule has 0 aliphatic rings. The number of H-pyrrole nitrogens is 1. The summed E-state index contributed by atoms with van der Waals surface area (Å²) in [4.78, 5) is 7.30. The third kappa shape index (κ3) is 4.05. The molecule has 0 atom stereocenters. The number of pyridine rings is 1. The highest BCUT2D eigenvalue weighted by atomic mass is 19.4. The SMILES string of the molecule is Cn1nc(COc2cc(C#N)nc(Nc3ccc4cc[nH]c4c3)c2)cc1C(F)(F)F. The molecule has 0 radical (unpaired) electrons. The fraction of sp³-hybridized carbons (Fsp3) is 0.150. The minimum Gasteiger partial charge on any atom is -0.487 e. The van der Waals surface area contributed by atoms with Crippen molar-refractivity contribution in [1.29, 1.82) is 5.26 Å². The van der Waals surface area contributed by atoms with Gasteiger partial charge >= 0.3 is 6.18 Å². The van der Waals surface area contributed by atoms with Crippen LogP contribution >= 0.6 is 0 Å². The first-order chi connectivity index (χ1) is 14.3. The van der Waals surface area contributed by atoms with Crippen LogP contribution in [0, 0.1) is 11.3 Å². The first-order valence-electron chi connectivity index (χ1n) is 8.81. The highest BCUT2D eigenvalue weighted by molar-refractivity contribution is 5.83. The Hall–Kier alpha value is -4.00. The lowest BCUT2D eigenvalue weighted by Gasteiger charge is -2.09. The number of halogens is 3.